The maximum Gasteiger partial charge on any atom is 0.410 e. The lowest BCUT2D eigenvalue weighted by Crippen LogP contribution is -2.48. The molecule has 2 saturated heterocycles. The summed E-state index contributed by atoms with van der Waals surface area (Å²) in [6.45, 7) is 15.0. The van der Waals surface area contributed by atoms with Gasteiger partial charge in [0.2, 0.25) is 0 Å². The highest BCUT2D eigenvalue weighted by atomic mass is 16.6. The van der Waals surface area contributed by atoms with Crippen LogP contribution in [0.25, 0.3) is 0 Å². The van der Waals surface area contributed by atoms with Crippen molar-refractivity contribution in [2.75, 3.05) is 33.2 Å². The number of aliphatic hydroxyl groups is 2. The zero-order valence-electron chi connectivity index (χ0n) is 27.4. The summed E-state index contributed by atoms with van der Waals surface area (Å²) < 4.78 is 17.7. The second-order valence-corrected chi connectivity index (χ2v) is 13.2. The highest BCUT2D eigenvalue weighted by Gasteiger charge is 2.45. The van der Waals surface area contributed by atoms with Crippen LogP contribution in [0.2, 0.25) is 0 Å². The predicted molar refractivity (Wildman–Crippen MR) is 167 cm³/mol. The van der Waals surface area contributed by atoms with Crippen LogP contribution in [0.5, 0.6) is 0 Å². The Bertz CT molecular complexity index is 989. The molecule has 1 amide bonds. The SMILES string of the molecule is CC[C@H](O)[C@@H](C)[C@H]1O[C@@H]1C[C@H](C)/C=C/C=C(\C)[C@H]1OC(=O)C[C@H](O)CC[C@H](C)[C@@H](OC(=O)N2CCN(C)CC2)/C=C/[C@@H]1C. The van der Waals surface area contributed by atoms with Crippen molar-refractivity contribution >= 4 is 12.1 Å². The number of cyclic esters (lactones) is 1. The molecule has 3 rings (SSSR count). The third-order valence-corrected chi connectivity index (χ3v) is 9.27. The Balaban J connectivity index is 1.67. The minimum Gasteiger partial charge on any atom is -0.457 e. The zero-order valence-corrected chi connectivity index (χ0v) is 27.4. The summed E-state index contributed by atoms with van der Waals surface area (Å²) >= 11 is 0. The van der Waals surface area contributed by atoms with Crippen LogP contribution in [-0.4, -0.2) is 102 Å². The van der Waals surface area contributed by atoms with Gasteiger partial charge in [-0.2, -0.15) is 0 Å². The number of nitrogens with zero attached hydrogens (tertiary/aromatic N) is 2. The first-order valence-electron chi connectivity index (χ1n) is 16.3. The molecule has 10 atom stereocenters. The number of carbonyl (C=O) groups excluding carboxylic acids is 2. The molecule has 0 aliphatic carbocycles. The Morgan fingerprint density at radius 3 is 2.53 bits per heavy atom. The Morgan fingerprint density at radius 1 is 1.16 bits per heavy atom. The molecule has 0 radical (unpaired) electrons. The van der Waals surface area contributed by atoms with Gasteiger partial charge < -0.3 is 34.2 Å². The van der Waals surface area contributed by atoms with Gasteiger partial charge in [0.1, 0.15) is 12.2 Å². The third kappa shape index (κ3) is 11.0. The van der Waals surface area contributed by atoms with Crippen molar-refractivity contribution in [1.82, 2.24) is 9.80 Å². The van der Waals surface area contributed by atoms with Gasteiger partial charge in [-0.1, -0.05) is 58.9 Å². The molecule has 3 aliphatic rings. The maximum atomic E-state index is 13.0. The number of ether oxygens (including phenoxy) is 3. The van der Waals surface area contributed by atoms with E-state index in [4.69, 9.17) is 14.2 Å². The van der Waals surface area contributed by atoms with Crippen molar-refractivity contribution in [3.63, 3.8) is 0 Å². The van der Waals surface area contributed by atoms with Gasteiger partial charge in [0.25, 0.3) is 0 Å². The van der Waals surface area contributed by atoms with E-state index in [2.05, 4.69) is 17.9 Å². The van der Waals surface area contributed by atoms with Crippen molar-refractivity contribution in [2.24, 2.45) is 23.7 Å². The van der Waals surface area contributed by atoms with Crippen molar-refractivity contribution in [3.8, 4) is 0 Å². The van der Waals surface area contributed by atoms with Gasteiger partial charge in [0.15, 0.2) is 0 Å². The van der Waals surface area contributed by atoms with Gasteiger partial charge in [0.05, 0.1) is 30.8 Å². The molecule has 9 heteroatoms. The number of likely N-dealkylation sites (N-methyl/N-ethyl adjacent to an activating group) is 1. The molecule has 0 aromatic carbocycles. The quantitative estimate of drug-likeness (QED) is 0.168. The first-order valence-corrected chi connectivity index (χ1v) is 16.3. The Hall–Kier alpha value is -2.20. The number of epoxide rings is 1. The summed E-state index contributed by atoms with van der Waals surface area (Å²) in [7, 11) is 2.04. The van der Waals surface area contributed by atoms with Gasteiger partial charge in [-0.05, 0) is 63.1 Å². The molecule has 0 bridgehead atoms. The third-order valence-electron chi connectivity index (χ3n) is 9.27. The van der Waals surface area contributed by atoms with E-state index in [1.54, 1.807) is 4.90 Å². The van der Waals surface area contributed by atoms with Gasteiger partial charge >= 0.3 is 12.1 Å². The number of aliphatic hydroxyl groups excluding tert-OH is 2. The van der Waals surface area contributed by atoms with Gasteiger partial charge in [-0.15, -0.1) is 0 Å². The van der Waals surface area contributed by atoms with Crippen LogP contribution in [0.15, 0.2) is 36.0 Å². The second-order valence-electron chi connectivity index (χ2n) is 13.2. The predicted octanol–water partition coefficient (Wildman–Crippen LogP) is 4.73. The normalized spacial score (nSPS) is 34.4. The van der Waals surface area contributed by atoms with Crippen LogP contribution in [0, 0.1) is 23.7 Å². The lowest BCUT2D eigenvalue weighted by molar-refractivity contribution is -0.151. The molecule has 244 valence electrons. The molecule has 0 saturated carbocycles. The van der Waals surface area contributed by atoms with Crippen molar-refractivity contribution in [3.05, 3.63) is 36.0 Å². The summed E-state index contributed by atoms with van der Waals surface area (Å²) in [5.74, 6) is -0.197. The van der Waals surface area contributed by atoms with Gasteiger partial charge in [-0.3, -0.25) is 4.79 Å². The van der Waals surface area contributed by atoms with Crippen LogP contribution in [0.1, 0.15) is 73.6 Å². The number of hydrogen-bond acceptors (Lipinski definition) is 8. The lowest BCUT2D eigenvalue weighted by Gasteiger charge is -2.33. The number of rotatable bonds is 9. The maximum absolute atomic E-state index is 13.0. The molecule has 0 unspecified atom stereocenters. The summed E-state index contributed by atoms with van der Waals surface area (Å²) in [6, 6.07) is 0. The lowest BCUT2D eigenvalue weighted by atomic mass is 9.92. The minimum absolute atomic E-state index is 0.0206. The zero-order chi connectivity index (χ0) is 31.7. The number of piperazine rings is 1. The highest BCUT2D eigenvalue weighted by Crippen LogP contribution is 2.36. The minimum atomic E-state index is -0.817. The number of carbonyl (C=O) groups is 2. The number of hydrogen-bond donors (Lipinski definition) is 2. The first-order chi connectivity index (χ1) is 20.4. The summed E-state index contributed by atoms with van der Waals surface area (Å²) in [6.07, 6.45) is 10.4. The van der Waals surface area contributed by atoms with E-state index < -0.39 is 24.3 Å². The first kappa shape index (κ1) is 35.3. The fourth-order valence-corrected chi connectivity index (χ4v) is 5.97. The van der Waals surface area contributed by atoms with Gasteiger partial charge in [0, 0.05) is 38.0 Å². The smallest absolute Gasteiger partial charge is 0.410 e. The van der Waals surface area contributed by atoms with E-state index in [-0.39, 0.29) is 54.5 Å². The van der Waals surface area contributed by atoms with Crippen LogP contribution in [-0.2, 0) is 19.0 Å². The van der Waals surface area contributed by atoms with Crippen molar-refractivity contribution < 1.29 is 34.0 Å². The number of allylic oxidation sites excluding steroid dienone is 3. The van der Waals surface area contributed by atoms with E-state index >= 15 is 0 Å². The Morgan fingerprint density at radius 2 is 1.86 bits per heavy atom. The van der Waals surface area contributed by atoms with E-state index in [0.29, 0.717) is 25.9 Å². The summed E-state index contributed by atoms with van der Waals surface area (Å²) in [5, 5.41) is 20.7. The fourth-order valence-electron chi connectivity index (χ4n) is 5.97. The number of amides is 1. The molecule has 2 N–H and O–H groups in total. The molecule has 2 fully saturated rings. The molecule has 3 aliphatic heterocycles. The molecule has 43 heavy (non-hydrogen) atoms. The van der Waals surface area contributed by atoms with Crippen LogP contribution in [0.3, 0.4) is 0 Å². The summed E-state index contributed by atoms with van der Waals surface area (Å²) in [4.78, 5) is 29.7. The second kappa shape index (κ2) is 16.8. The van der Waals surface area contributed by atoms with Crippen LogP contribution >= 0.6 is 0 Å². The van der Waals surface area contributed by atoms with E-state index in [0.717, 1.165) is 31.5 Å². The molecular formula is C34H56N2O7. The molecule has 0 aromatic heterocycles. The van der Waals surface area contributed by atoms with Crippen LogP contribution in [0.4, 0.5) is 4.79 Å². The van der Waals surface area contributed by atoms with Crippen molar-refractivity contribution in [1.29, 1.82) is 0 Å². The standard InChI is InChI=1S/C34H56N2O7/c1-8-28(38)26(6)33-30(41-33)20-22(2)10-9-11-24(4)32-25(5)13-15-29(23(3)12-14-27(37)21-31(39)43-32)42-34(40)36-18-16-35(7)17-19-36/h9-11,13,15,22-23,25-30,32-33,37-38H,8,12,14,16-21H2,1-7H3/b10-9+,15-13+,24-11+/t22-,23+,25+,26-,27-,28+,29+,30-,32-,33-/m1/s1. The molecular weight excluding hydrogens is 548 g/mol. The molecule has 0 spiro atoms. The molecule has 3 heterocycles. The van der Waals surface area contributed by atoms with E-state index in [1.165, 1.54) is 0 Å². The van der Waals surface area contributed by atoms with Gasteiger partial charge in [-0.25, -0.2) is 4.79 Å². The average Bonchev–Trinajstić information content (AvgIpc) is 3.74. The number of esters is 1. The largest absolute Gasteiger partial charge is 0.457 e. The average molecular weight is 605 g/mol. The Labute approximate surface area is 258 Å². The highest BCUT2D eigenvalue weighted by molar-refractivity contribution is 5.70. The monoisotopic (exact) mass is 604 g/mol. The van der Waals surface area contributed by atoms with Crippen LogP contribution < -0.4 is 0 Å². The Kier molecular flexibility index (Phi) is 13.7. The van der Waals surface area contributed by atoms with E-state index in [1.807, 2.05) is 66.0 Å². The fraction of sp³-hybridized carbons (Fsp3) is 0.765. The molecule has 9 nitrogen and oxygen atoms in total. The van der Waals surface area contributed by atoms with E-state index in [9.17, 15) is 19.8 Å². The van der Waals surface area contributed by atoms with Crippen molar-refractivity contribution in [2.45, 2.75) is 110 Å². The topological polar surface area (TPSA) is 112 Å². The molecule has 0 aromatic rings. The summed E-state index contributed by atoms with van der Waals surface area (Å²) in [5.41, 5.74) is 0.889.